The van der Waals surface area contributed by atoms with Gasteiger partial charge in [-0.25, -0.2) is 8.42 Å². The summed E-state index contributed by atoms with van der Waals surface area (Å²) in [5.74, 6) is -1.28. The van der Waals surface area contributed by atoms with E-state index in [0.717, 1.165) is 9.87 Å². The zero-order valence-electron chi connectivity index (χ0n) is 13.0. The fraction of sp³-hybridized carbons (Fsp3) is 0.188. The summed E-state index contributed by atoms with van der Waals surface area (Å²) in [5.41, 5.74) is 1.80. The fourth-order valence-electron chi connectivity index (χ4n) is 2.22. The van der Waals surface area contributed by atoms with E-state index in [4.69, 9.17) is 23.2 Å². The largest absolute Gasteiger partial charge is 0.480 e. The monoisotopic (exact) mass is 387 g/mol. The topological polar surface area (TPSA) is 74.7 Å². The molecule has 5 nitrogen and oxygen atoms in total. The summed E-state index contributed by atoms with van der Waals surface area (Å²) < 4.78 is 26.9. The van der Waals surface area contributed by atoms with Crippen molar-refractivity contribution in [1.82, 2.24) is 0 Å². The molecule has 0 aromatic heterocycles. The third kappa shape index (κ3) is 3.66. The first-order valence-electron chi connectivity index (χ1n) is 6.90. The number of sulfonamides is 1. The van der Waals surface area contributed by atoms with Crippen LogP contribution in [-0.4, -0.2) is 26.0 Å². The lowest BCUT2D eigenvalue weighted by atomic mass is 10.1. The quantitative estimate of drug-likeness (QED) is 0.843. The number of halogens is 2. The van der Waals surface area contributed by atoms with Gasteiger partial charge in [0.1, 0.15) is 11.4 Å². The third-order valence-corrected chi connectivity index (χ3v) is 6.06. The molecule has 0 heterocycles. The van der Waals surface area contributed by atoms with Crippen LogP contribution in [0.5, 0.6) is 0 Å². The summed E-state index contributed by atoms with van der Waals surface area (Å²) >= 11 is 11.9. The highest BCUT2D eigenvalue weighted by Crippen LogP contribution is 2.32. The molecule has 0 aliphatic rings. The van der Waals surface area contributed by atoms with Crippen molar-refractivity contribution < 1.29 is 18.3 Å². The molecule has 2 aromatic rings. The number of carboxylic acids is 1. The number of hydrogen-bond donors (Lipinski definition) is 1. The molecule has 0 saturated carbocycles. The van der Waals surface area contributed by atoms with E-state index in [-0.39, 0.29) is 20.6 Å². The predicted octanol–water partition coefficient (Wildman–Crippen LogP) is 3.89. The smallest absolute Gasteiger partial charge is 0.324 e. The average molecular weight is 388 g/mol. The van der Waals surface area contributed by atoms with Crippen molar-refractivity contribution in [1.29, 1.82) is 0 Å². The van der Waals surface area contributed by atoms with Gasteiger partial charge in [0.2, 0.25) is 0 Å². The van der Waals surface area contributed by atoms with Gasteiger partial charge in [0.15, 0.2) is 0 Å². The fourth-order valence-corrected chi connectivity index (χ4v) is 4.43. The maximum atomic E-state index is 13.0. The van der Waals surface area contributed by atoms with Crippen LogP contribution in [0.4, 0.5) is 5.69 Å². The molecule has 0 atom stereocenters. The van der Waals surface area contributed by atoms with Crippen LogP contribution in [-0.2, 0) is 14.8 Å². The van der Waals surface area contributed by atoms with Crippen LogP contribution in [0.25, 0.3) is 0 Å². The molecule has 0 radical (unpaired) electrons. The molecule has 2 aromatic carbocycles. The van der Waals surface area contributed by atoms with Crippen LogP contribution >= 0.6 is 23.2 Å². The molecule has 0 fully saturated rings. The Hall–Kier alpha value is -1.76. The Morgan fingerprint density at radius 3 is 2.46 bits per heavy atom. The molecule has 24 heavy (non-hydrogen) atoms. The van der Waals surface area contributed by atoms with Gasteiger partial charge in [-0.1, -0.05) is 35.3 Å². The summed E-state index contributed by atoms with van der Waals surface area (Å²) in [7, 11) is -4.21. The SMILES string of the molecule is Cc1cccc(N(CC(=O)O)S(=O)(=O)c2cc(Cl)ccc2Cl)c1C. The van der Waals surface area contributed by atoms with Crippen LogP contribution < -0.4 is 4.31 Å². The lowest BCUT2D eigenvalue weighted by Gasteiger charge is -2.25. The van der Waals surface area contributed by atoms with Crippen molar-refractivity contribution in [2.24, 2.45) is 0 Å². The molecule has 128 valence electrons. The van der Waals surface area contributed by atoms with Gasteiger partial charge in [0.25, 0.3) is 10.0 Å². The Kier molecular flexibility index (Phi) is 5.42. The van der Waals surface area contributed by atoms with Gasteiger partial charge in [-0.05, 0) is 49.2 Å². The standard InChI is InChI=1S/C16H15Cl2NO4S/c1-10-4-3-5-14(11(10)2)19(9-16(20)21)24(22,23)15-8-12(17)6-7-13(15)18/h3-8H,9H2,1-2H3,(H,20,21). The van der Waals surface area contributed by atoms with Crippen LogP contribution in [0.1, 0.15) is 11.1 Å². The number of carbonyl (C=O) groups is 1. The highest BCUT2D eigenvalue weighted by Gasteiger charge is 2.30. The van der Waals surface area contributed by atoms with Gasteiger partial charge in [-0.2, -0.15) is 0 Å². The van der Waals surface area contributed by atoms with Crippen LogP contribution in [0, 0.1) is 13.8 Å². The molecular weight excluding hydrogens is 373 g/mol. The first-order chi connectivity index (χ1) is 11.1. The second kappa shape index (κ2) is 7.01. The minimum Gasteiger partial charge on any atom is -0.480 e. The number of aliphatic carboxylic acids is 1. The Bertz CT molecular complexity index is 897. The third-order valence-electron chi connectivity index (χ3n) is 3.58. The zero-order valence-corrected chi connectivity index (χ0v) is 15.3. The van der Waals surface area contributed by atoms with Gasteiger partial charge in [-0.3, -0.25) is 9.10 Å². The molecule has 0 aliphatic carbocycles. The Balaban J connectivity index is 2.69. The van der Waals surface area contributed by atoms with Crippen LogP contribution in [0.2, 0.25) is 10.0 Å². The van der Waals surface area contributed by atoms with Gasteiger partial charge < -0.3 is 5.11 Å². The molecule has 2 rings (SSSR count). The number of nitrogens with zero attached hydrogens (tertiary/aromatic N) is 1. The van der Waals surface area contributed by atoms with E-state index < -0.39 is 22.5 Å². The zero-order chi connectivity index (χ0) is 18.1. The van der Waals surface area contributed by atoms with E-state index in [1.54, 1.807) is 19.1 Å². The van der Waals surface area contributed by atoms with Crippen LogP contribution in [0.15, 0.2) is 41.3 Å². The molecule has 0 saturated heterocycles. The molecule has 0 unspecified atom stereocenters. The van der Waals surface area contributed by atoms with E-state index in [9.17, 15) is 18.3 Å². The Morgan fingerprint density at radius 2 is 1.83 bits per heavy atom. The average Bonchev–Trinajstić information content (AvgIpc) is 2.50. The van der Waals surface area contributed by atoms with Crippen molar-refractivity contribution in [3.8, 4) is 0 Å². The maximum absolute atomic E-state index is 13.0. The summed E-state index contributed by atoms with van der Waals surface area (Å²) in [6, 6.07) is 9.07. The van der Waals surface area contributed by atoms with Crippen molar-refractivity contribution in [2.45, 2.75) is 18.7 Å². The molecule has 1 N–H and O–H groups in total. The number of benzene rings is 2. The highest BCUT2D eigenvalue weighted by molar-refractivity contribution is 7.93. The molecule has 0 aliphatic heterocycles. The summed E-state index contributed by atoms with van der Waals surface area (Å²) in [6.45, 7) is 2.82. The van der Waals surface area contributed by atoms with Gasteiger partial charge in [-0.15, -0.1) is 0 Å². The molecule has 0 bridgehead atoms. The Morgan fingerprint density at radius 1 is 1.17 bits per heavy atom. The van der Waals surface area contributed by atoms with E-state index in [2.05, 4.69) is 0 Å². The lowest BCUT2D eigenvalue weighted by Crippen LogP contribution is -2.36. The number of carboxylic acid groups (broad SMARTS) is 1. The normalized spacial score (nSPS) is 11.3. The second-order valence-corrected chi connectivity index (χ2v) is 7.87. The van der Waals surface area contributed by atoms with Gasteiger partial charge >= 0.3 is 5.97 Å². The number of rotatable bonds is 5. The minimum absolute atomic E-state index is 0.0277. The van der Waals surface area contributed by atoms with E-state index >= 15 is 0 Å². The summed E-state index contributed by atoms with van der Waals surface area (Å²) in [5, 5.41) is 9.34. The van der Waals surface area contributed by atoms with Crippen molar-refractivity contribution >= 4 is 44.9 Å². The number of hydrogen-bond acceptors (Lipinski definition) is 3. The highest BCUT2D eigenvalue weighted by atomic mass is 35.5. The number of anilines is 1. The van der Waals surface area contributed by atoms with Crippen molar-refractivity contribution in [3.05, 3.63) is 57.6 Å². The second-order valence-electron chi connectivity index (χ2n) is 5.20. The minimum atomic E-state index is -4.21. The van der Waals surface area contributed by atoms with Crippen molar-refractivity contribution in [2.75, 3.05) is 10.8 Å². The van der Waals surface area contributed by atoms with Gasteiger partial charge in [0, 0.05) is 5.02 Å². The van der Waals surface area contributed by atoms with E-state index in [1.807, 2.05) is 13.0 Å². The van der Waals surface area contributed by atoms with Gasteiger partial charge in [0.05, 0.1) is 10.7 Å². The summed E-state index contributed by atoms with van der Waals surface area (Å²) in [6.07, 6.45) is 0. The summed E-state index contributed by atoms with van der Waals surface area (Å²) in [4.78, 5) is 11.0. The molecule has 8 heteroatoms. The lowest BCUT2D eigenvalue weighted by molar-refractivity contribution is -0.135. The van der Waals surface area contributed by atoms with Crippen LogP contribution in [0.3, 0.4) is 0 Å². The first-order valence-corrected chi connectivity index (χ1v) is 9.10. The van der Waals surface area contributed by atoms with E-state index in [1.165, 1.54) is 18.2 Å². The molecular formula is C16H15Cl2NO4S. The molecule has 0 spiro atoms. The van der Waals surface area contributed by atoms with Crippen molar-refractivity contribution in [3.63, 3.8) is 0 Å². The first kappa shape index (κ1) is 18.6. The number of aryl methyl sites for hydroxylation is 1. The maximum Gasteiger partial charge on any atom is 0.324 e. The predicted molar refractivity (Wildman–Crippen MR) is 94.5 cm³/mol. The Labute approximate surface area is 150 Å². The molecule has 0 amide bonds. The van der Waals surface area contributed by atoms with E-state index in [0.29, 0.717) is 5.56 Å².